The number of hydrogen-bond donors (Lipinski definition) is 1. The van der Waals surface area contributed by atoms with Crippen LogP contribution in [-0.4, -0.2) is 40.6 Å². The maximum atomic E-state index is 12.2. The number of ketones is 1. The zero-order valence-corrected chi connectivity index (χ0v) is 15.6. The average molecular weight is 353 g/mol. The van der Waals surface area contributed by atoms with Crippen LogP contribution in [0.4, 0.5) is 5.82 Å². The van der Waals surface area contributed by atoms with Crippen LogP contribution in [0, 0.1) is 19.8 Å². The molecule has 3 rings (SSSR count). The van der Waals surface area contributed by atoms with Crippen molar-refractivity contribution in [3.8, 4) is 11.3 Å². The van der Waals surface area contributed by atoms with Gasteiger partial charge in [-0.25, -0.2) is 9.97 Å². The number of piperidine rings is 1. The quantitative estimate of drug-likeness (QED) is 0.863. The number of nitrogens with zero attached hydrogens (tertiary/aromatic N) is 3. The van der Waals surface area contributed by atoms with Crippen LogP contribution in [0.3, 0.4) is 0 Å². The van der Waals surface area contributed by atoms with Crippen molar-refractivity contribution in [2.45, 2.75) is 39.5 Å². The molecule has 0 aliphatic carbocycles. The Morgan fingerprint density at radius 2 is 1.85 bits per heavy atom. The number of aryl methyl sites for hydroxylation is 2. The van der Waals surface area contributed by atoms with Crippen LogP contribution < -0.4 is 4.90 Å². The molecule has 0 unspecified atom stereocenters. The maximum Gasteiger partial charge on any atom is 0.136 e. The van der Waals surface area contributed by atoms with Gasteiger partial charge < -0.3 is 10.0 Å². The monoisotopic (exact) mass is 353 g/mol. The largest absolute Gasteiger partial charge is 0.396 e. The number of aliphatic hydroxyl groups is 1. The van der Waals surface area contributed by atoms with Gasteiger partial charge in [0, 0.05) is 43.7 Å². The number of aromatic nitrogens is 2. The highest BCUT2D eigenvalue weighted by Gasteiger charge is 2.25. The number of benzene rings is 1. The highest BCUT2D eigenvalue weighted by atomic mass is 16.3. The summed E-state index contributed by atoms with van der Waals surface area (Å²) in [6.45, 7) is 5.75. The second-order valence-electron chi connectivity index (χ2n) is 7.08. The Morgan fingerprint density at radius 3 is 2.50 bits per heavy atom. The predicted octanol–water partition coefficient (Wildman–Crippen LogP) is 3.32. The summed E-state index contributed by atoms with van der Waals surface area (Å²) in [5, 5.41) is 8.89. The Balaban J connectivity index is 1.70. The van der Waals surface area contributed by atoms with Gasteiger partial charge in [0.25, 0.3) is 0 Å². The van der Waals surface area contributed by atoms with E-state index in [9.17, 15) is 4.79 Å². The molecule has 0 amide bonds. The lowest BCUT2D eigenvalue weighted by atomic mass is 9.90. The van der Waals surface area contributed by atoms with E-state index in [0.29, 0.717) is 12.8 Å². The Bertz CT molecular complexity index is 750. The molecule has 138 valence electrons. The molecule has 1 saturated heterocycles. The molecular formula is C21H27N3O2. The van der Waals surface area contributed by atoms with Gasteiger partial charge >= 0.3 is 0 Å². The van der Waals surface area contributed by atoms with E-state index in [-0.39, 0.29) is 18.3 Å². The summed E-state index contributed by atoms with van der Waals surface area (Å²) >= 11 is 0. The summed E-state index contributed by atoms with van der Waals surface area (Å²) in [4.78, 5) is 23.6. The molecule has 1 aromatic heterocycles. The molecule has 26 heavy (non-hydrogen) atoms. The third-order valence-electron chi connectivity index (χ3n) is 5.03. The van der Waals surface area contributed by atoms with Gasteiger partial charge in [-0.05, 0) is 33.1 Å². The fourth-order valence-electron chi connectivity index (χ4n) is 3.47. The van der Waals surface area contributed by atoms with Crippen LogP contribution in [0.5, 0.6) is 0 Å². The van der Waals surface area contributed by atoms with Gasteiger partial charge in [0.1, 0.15) is 17.4 Å². The van der Waals surface area contributed by atoms with Crippen molar-refractivity contribution >= 4 is 11.6 Å². The molecule has 0 radical (unpaired) electrons. The number of rotatable bonds is 6. The van der Waals surface area contributed by atoms with Crippen LogP contribution in [-0.2, 0) is 4.79 Å². The van der Waals surface area contributed by atoms with Gasteiger partial charge in [-0.1, -0.05) is 29.8 Å². The van der Waals surface area contributed by atoms with E-state index in [1.54, 1.807) is 0 Å². The molecule has 1 N–H and O–H groups in total. The highest BCUT2D eigenvalue weighted by Crippen LogP contribution is 2.27. The normalized spacial score (nSPS) is 15.3. The molecule has 5 heteroatoms. The molecule has 2 heterocycles. The van der Waals surface area contributed by atoms with Crippen molar-refractivity contribution in [3.63, 3.8) is 0 Å². The number of aliphatic hydroxyl groups excluding tert-OH is 1. The number of carbonyl (C=O) groups is 1. The summed E-state index contributed by atoms with van der Waals surface area (Å²) in [6, 6.07) is 10.4. The predicted molar refractivity (Wildman–Crippen MR) is 103 cm³/mol. The molecule has 2 aromatic rings. The van der Waals surface area contributed by atoms with Crippen LogP contribution in [0.25, 0.3) is 11.3 Å². The molecule has 1 aromatic carbocycles. The first kappa shape index (κ1) is 18.5. The second kappa shape index (κ2) is 8.41. The van der Waals surface area contributed by atoms with Crippen LogP contribution in [0.2, 0.25) is 0 Å². The van der Waals surface area contributed by atoms with E-state index < -0.39 is 0 Å². The fourth-order valence-corrected chi connectivity index (χ4v) is 3.47. The molecule has 1 aliphatic rings. The average Bonchev–Trinajstić information content (AvgIpc) is 2.66. The standard InChI is InChI=1S/C21H27N3O2/c1-15-5-7-17(8-6-15)19-14-21(23-16(2)22-19)24-11-9-18(10-12-24)20(26)4-3-13-25/h5-8,14,18,25H,3-4,9-13H2,1-2H3. The molecule has 0 atom stereocenters. The van der Waals surface area contributed by atoms with Crippen LogP contribution in [0.1, 0.15) is 37.1 Å². The van der Waals surface area contributed by atoms with Crippen molar-refractivity contribution in [1.82, 2.24) is 9.97 Å². The Hall–Kier alpha value is -2.27. The number of carbonyl (C=O) groups excluding carboxylic acids is 1. The van der Waals surface area contributed by atoms with Gasteiger partial charge in [0.15, 0.2) is 0 Å². The molecule has 5 nitrogen and oxygen atoms in total. The van der Waals surface area contributed by atoms with Gasteiger partial charge in [0.2, 0.25) is 0 Å². The summed E-state index contributed by atoms with van der Waals surface area (Å²) in [5.74, 6) is 2.11. The first-order valence-corrected chi connectivity index (χ1v) is 9.38. The van der Waals surface area contributed by atoms with Crippen molar-refractivity contribution in [1.29, 1.82) is 0 Å². The minimum atomic E-state index is 0.0899. The Morgan fingerprint density at radius 1 is 1.15 bits per heavy atom. The summed E-state index contributed by atoms with van der Waals surface area (Å²) < 4.78 is 0. The zero-order valence-electron chi connectivity index (χ0n) is 15.6. The topological polar surface area (TPSA) is 66.3 Å². The van der Waals surface area contributed by atoms with Crippen molar-refractivity contribution in [2.24, 2.45) is 5.92 Å². The summed E-state index contributed by atoms with van der Waals surface area (Å²) in [5.41, 5.74) is 3.26. The smallest absolute Gasteiger partial charge is 0.136 e. The number of anilines is 1. The summed E-state index contributed by atoms with van der Waals surface area (Å²) in [7, 11) is 0. The van der Waals surface area contributed by atoms with Gasteiger partial charge in [0.05, 0.1) is 5.69 Å². The third-order valence-corrected chi connectivity index (χ3v) is 5.03. The fraction of sp³-hybridized carbons (Fsp3) is 0.476. The first-order valence-electron chi connectivity index (χ1n) is 9.38. The van der Waals surface area contributed by atoms with E-state index in [0.717, 1.165) is 48.8 Å². The molecule has 0 spiro atoms. The maximum absolute atomic E-state index is 12.2. The second-order valence-corrected chi connectivity index (χ2v) is 7.08. The molecule has 0 bridgehead atoms. The van der Waals surface area contributed by atoms with Crippen molar-refractivity contribution in [2.75, 3.05) is 24.6 Å². The van der Waals surface area contributed by atoms with E-state index in [1.807, 2.05) is 13.0 Å². The minimum Gasteiger partial charge on any atom is -0.396 e. The van der Waals surface area contributed by atoms with Crippen molar-refractivity contribution in [3.05, 3.63) is 41.7 Å². The number of Topliss-reactive ketones (excluding diaryl/α,β-unsaturated/α-hetero) is 1. The van der Waals surface area contributed by atoms with Crippen LogP contribution in [0.15, 0.2) is 30.3 Å². The third kappa shape index (κ3) is 4.47. The van der Waals surface area contributed by atoms with E-state index in [1.165, 1.54) is 5.56 Å². The lowest BCUT2D eigenvalue weighted by Gasteiger charge is -2.32. The molecular weight excluding hydrogens is 326 g/mol. The molecule has 1 aliphatic heterocycles. The summed E-state index contributed by atoms with van der Waals surface area (Å²) in [6.07, 6.45) is 2.77. The van der Waals surface area contributed by atoms with Gasteiger partial charge in [-0.2, -0.15) is 0 Å². The van der Waals surface area contributed by atoms with Crippen molar-refractivity contribution < 1.29 is 9.90 Å². The van der Waals surface area contributed by atoms with E-state index in [2.05, 4.69) is 46.1 Å². The first-order chi connectivity index (χ1) is 12.6. The number of hydrogen-bond acceptors (Lipinski definition) is 5. The van der Waals surface area contributed by atoms with Crippen LogP contribution >= 0.6 is 0 Å². The van der Waals surface area contributed by atoms with Gasteiger partial charge in [-0.3, -0.25) is 4.79 Å². The zero-order chi connectivity index (χ0) is 18.5. The lowest BCUT2D eigenvalue weighted by molar-refractivity contribution is -0.123. The SMILES string of the molecule is Cc1ccc(-c2cc(N3CCC(C(=O)CCCO)CC3)nc(C)n2)cc1. The minimum absolute atomic E-state index is 0.0899. The molecule has 1 fully saturated rings. The Kier molecular flexibility index (Phi) is 5.99. The van der Waals surface area contributed by atoms with E-state index in [4.69, 9.17) is 5.11 Å². The molecule has 0 saturated carbocycles. The Labute approximate surface area is 155 Å². The lowest BCUT2D eigenvalue weighted by Crippen LogP contribution is -2.37. The van der Waals surface area contributed by atoms with Gasteiger partial charge in [-0.15, -0.1) is 0 Å². The highest BCUT2D eigenvalue weighted by molar-refractivity contribution is 5.81. The van der Waals surface area contributed by atoms with E-state index >= 15 is 0 Å².